The summed E-state index contributed by atoms with van der Waals surface area (Å²) in [6, 6.07) is 17.1. The van der Waals surface area contributed by atoms with E-state index >= 15 is 0 Å². The number of rotatable bonds is 4. The van der Waals surface area contributed by atoms with Gasteiger partial charge in [-0.25, -0.2) is 9.48 Å². The first kappa shape index (κ1) is 14.8. The molecule has 23 heavy (non-hydrogen) atoms. The monoisotopic (exact) mass is 306 g/mol. The maximum absolute atomic E-state index is 12.2. The summed E-state index contributed by atoms with van der Waals surface area (Å²) in [5.74, 6) is 0. The third kappa shape index (κ3) is 3.58. The first-order chi connectivity index (χ1) is 11.2. The van der Waals surface area contributed by atoms with Crippen LogP contribution < -0.4 is 10.6 Å². The van der Waals surface area contributed by atoms with Crippen LogP contribution in [0.1, 0.15) is 11.1 Å². The fourth-order valence-electron chi connectivity index (χ4n) is 2.34. The van der Waals surface area contributed by atoms with E-state index in [1.807, 2.05) is 67.7 Å². The highest BCUT2D eigenvalue weighted by Gasteiger charge is 2.08. The van der Waals surface area contributed by atoms with E-state index in [1.54, 1.807) is 10.9 Å². The normalized spacial score (nSPS) is 10.3. The van der Waals surface area contributed by atoms with Gasteiger partial charge < -0.3 is 10.6 Å². The van der Waals surface area contributed by atoms with Crippen molar-refractivity contribution >= 4 is 11.7 Å². The van der Waals surface area contributed by atoms with E-state index in [4.69, 9.17) is 0 Å². The Kier molecular flexibility index (Phi) is 4.38. The van der Waals surface area contributed by atoms with Crippen LogP contribution in [0.5, 0.6) is 0 Å². The molecule has 0 spiro atoms. The van der Waals surface area contributed by atoms with Gasteiger partial charge in [0.05, 0.1) is 11.4 Å². The topological polar surface area (TPSA) is 59.0 Å². The number of hydrogen-bond donors (Lipinski definition) is 2. The van der Waals surface area contributed by atoms with Gasteiger partial charge in [-0.1, -0.05) is 36.4 Å². The fourth-order valence-corrected chi connectivity index (χ4v) is 2.34. The predicted molar refractivity (Wildman–Crippen MR) is 90.6 cm³/mol. The summed E-state index contributed by atoms with van der Waals surface area (Å²) in [7, 11) is 0. The molecule has 0 unspecified atom stereocenters. The summed E-state index contributed by atoms with van der Waals surface area (Å²) in [4.78, 5) is 12.2. The summed E-state index contributed by atoms with van der Waals surface area (Å²) in [6.07, 6.45) is 3.54. The van der Waals surface area contributed by atoms with Crippen molar-refractivity contribution in [3.05, 3.63) is 78.1 Å². The van der Waals surface area contributed by atoms with Gasteiger partial charge in [0, 0.05) is 18.9 Å². The van der Waals surface area contributed by atoms with Gasteiger partial charge in [-0.15, -0.1) is 0 Å². The fraction of sp³-hybridized carbons (Fsp3) is 0.111. The quantitative estimate of drug-likeness (QED) is 0.775. The van der Waals surface area contributed by atoms with Gasteiger partial charge in [0.2, 0.25) is 0 Å². The lowest BCUT2D eigenvalue weighted by Gasteiger charge is -2.12. The van der Waals surface area contributed by atoms with Crippen molar-refractivity contribution in [1.82, 2.24) is 15.1 Å². The molecule has 3 rings (SSSR count). The molecule has 0 aliphatic heterocycles. The Balaban J connectivity index is 1.68. The minimum atomic E-state index is -0.243. The van der Waals surface area contributed by atoms with E-state index < -0.39 is 0 Å². The van der Waals surface area contributed by atoms with Gasteiger partial charge in [0.15, 0.2) is 0 Å². The molecule has 2 amide bonds. The van der Waals surface area contributed by atoms with Crippen molar-refractivity contribution in [1.29, 1.82) is 0 Å². The number of para-hydroxylation sites is 2. The summed E-state index contributed by atoms with van der Waals surface area (Å²) >= 11 is 0. The van der Waals surface area contributed by atoms with Crippen molar-refractivity contribution in [3.63, 3.8) is 0 Å². The van der Waals surface area contributed by atoms with E-state index in [-0.39, 0.29) is 6.03 Å². The van der Waals surface area contributed by atoms with Crippen LogP contribution in [0.25, 0.3) is 5.69 Å². The Morgan fingerprint density at radius 2 is 1.87 bits per heavy atom. The van der Waals surface area contributed by atoms with Crippen LogP contribution in [0.4, 0.5) is 10.5 Å². The Hall–Kier alpha value is -3.08. The average Bonchev–Trinajstić information content (AvgIpc) is 3.09. The lowest BCUT2D eigenvalue weighted by atomic mass is 10.1. The highest BCUT2D eigenvalue weighted by Crippen LogP contribution is 2.18. The maximum atomic E-state index is 12.2. The van der Waals surface area contributed by atoms with E-state index in [9.17, 15) is 4.79 Å². The molecule has 0 aliphatic carbocycles. The van der Waals surface area contributed by atoms with Crippen molar-refractivity contribution in [2.24, 2.45) is 0 Å². The van der Waals surface area contributed by atoms with Gasteiger partial charge >= 0.3 is 6.03 Å². The van der Waals surface area contributed by atoms with Crippen LogP contribution >= 0.6 is 0 Å². The van der Waals surface area contributed by atoms with Gasteiger partial charge in [0.25, 0.3) is 0 Å². The van der Waals surface area contributed by atoms with Crippen LogP contribution in [0.3, 0.4) is 0 Å². The zero-order chi connectivity index (χ0) is 16.1. The number of aryl methyl sites for hydroxylation is 1. The number of carbonyl (C=O) groups excluding carboxylic acids is 1. The van der Waals surface area contributed by atoms with Gasteiger partial charge in [0.1, 0.15) is 0 Å². The van der Waals surface area contributed by atoms with Crippen molar-refractivity contribution in [2.75, 3.05) is 5.32 Å². The van der Waals surface area contributed by atoms with E-state index in [0.29, 0.717) is 12.2 Å². The third-order valence-electron chi connectivity index (χ3n) is 3.60. The molecule has 0 radical (unpaired) electrons. The van der Waals surface area contributed by atoms with Gasteiger partial charge in [-0.3, -0.25) is 0 Å². The molecular formula is C18H18N4O. The molecule has 1 heterocycles. The molecule has 2 aromatic carbocycles. The van der Waals surface area contributed by atoms with Gasteiger partial charge in [-0.2, -0.15) is 5.10 Å². The molecule has 0 aliphatic rings. The number of nitrogens with zero attached hydrogens (tertiary/aromatic N) is 2. The zero-order valence-electron chi connectivity index (χ0n) is 12.9. The van der Waals surface area contributed by atoms with Crippen molar-refractivity contribution in [2.45, 2.75) is 13.5 Å². The summed E-state index contributed by atoms with van der Waals surface area (Å²) in [5.41, 5.74) is 3.79. The van der Waals surface area contributed by atoms with Gasteiger partial charge in [-0.05, 0) is 36.2 Å². The molecule has 116 valence electrons. The van der Waals surface area contributed by atoms with E-state index in [0.717, 1.165) is 16.8 Å². The molecular weight excluding hydrogens is 288 g/mol. The van der Waals surface area contributed by atoms with Crippen LogP contribution in [-0.4, -0.2) is 15.8 Å². The predicted octanol–water partition coefficient (Wildman–Crippen LogP) is 3.50. The number of nitrogens with one attached hydrogen (secondary N) is 2. The van der Waals surface area contributed by atoms with Crippen LogP contribution in [0.2, 0.25) is 0 Å². The van der Waals surface area contributed by atoms with Crippen molar-refractivity contribution in [3.8, 4) is 5.69 Å². The number of anilines is 1. The Labute approximate surface area is 135 Å². The largest absolute Gasteiger partial charge is 0.334 e. The second-order valence-corrected chi connectivity index (χ2v) is 5.20. The average molecular weight is 306 g/mol. The molecule has 3 aromatic rings. The molecule has 0 atom stereocenters. The smallest absolute Gasteiger partial charge is 0.319 e. The third-order valence-corrected chi connectivity index (χ3v) is 3.60. The second-order valence-electron chi connectivity index (χ2n) is 5.20. The lowest BCUT2D eigenvalue weighted by molar-refractivity contribution is 0.251. The molecule has 1 aromatic heterocycles. The summed E-state index contributed by atoms with van der Waals surface area (Å²) in [5, 5.41) is 9.96. The number of hydrogen-bond acceptors (Lipinski definition) is 2. The second kappa shape index (κ2) is 6.79. The number of benzene rings is 2. The molecule has 0 saturated heterocycles. The minimum absolute atomic E-state index is 0.243. The molecule has 5 nitrogen and oxygen atoms in total. The Morgan fingerprint density at radius 1 is 1.09 bits per heavy atom. The van der Waals surface area contributed by atoms with Crippen LogP contribution in [0, 0.1) is 6.92 Å². The highest BCUT2D eigenvalue weighted by molar-refractivity contribution is 5.91. The van der Waals surface area contributed by atoms with Crippen molar-refractivity contribution < 1.29 is 4.79 Å². The Bertz CT molecular complexity index is 796. The van der Waals surface area contributed by atoms with E-state index in [2.05, 4.69) is 15.7 Å². The number of urea groups is 1. The first-order valence-corrected chi connectivity index (χ1v) is 7.42. The standard InChI is InChI=1S/C18H18N4O/c1-14-7-2-3-8-15(14)13-19-18(23)21-16-9-4-5-10-17(16)22-12-6-11-20-22/h2-12H,13H2,1H3,(H2,19,21,23). The number of amides is 2. The summed E-state index contributed by atoms with van der Waals surface area (Å²) in [6.45, 7) is 2.52. The molecule has 0 fully saturated rings. The molecule has 0 saturated carbocycles. The minimum Gasteiger partial charge on any atom is -0.334 e. The van der Waals surface area contributed by atoms with Crippen LogP contribution in [-0.2, 0) is 6.54 Å². The zero-order valence-corrected chi connectivity index (χ0v) is 12.9. The number of aromatic nitrogens is 2. The summed E-state index contributed by atoms with van der Waals surface area (Å²) < 4.78 is 1.72. The molecule has 5 heteroatoms. The SMILES string of the molecule is Cc1ccccc1CNC(=O)Nc1ccccc1-n1cccn1. The Morgan fingerprint density at radius 3 is 2.65 bits per heavy atom. The van der Waals surface area contributed by atoms with E-state index in [1.165, 1.54) is 0 Å². The van der Waals surface area contributed by atoms with Crippen LogP contribution in [0.15, 0.2) is 67.0 Å². The maximum Gasteiger partial charge on any atom is 0.319 e. The first-order valence-electron chi connectivity index (χ1n) is 7.42. The molecule has 0 bridgehead atoms. The number of carbonyl (C=O) groups is 1. The molecule has 2 N–H and O–H groups in total. The lowest BCUT2D eigenvalue weighted by Crippen LogP contribution is -2.28. The highest BCUT2D eigenvalue weighted by atomic mass is 16.2.